The van der Waals surface area contributed by atoms with Gasteiger partial charge in [-0.3, -0.25) is 19.2 Å². The predicted octanol–water partition coefficient (Wildman–Crippen LogP) is 10.7. The maximum absolute atomic E-state index is 13.2. The zero-order valence-electron chi connectivity index (χ0n) is 34.0. The number of rotatable bonds is 11. The summed E-state index contributed by atoms with van der Waals surface area (Å²) in [4.78, 5) is 59.8. The number of halogens is 3. The first kappa shape index (κ1) is 43.3. The van der Waals surface area contributed by atoms with Crippen molar-refractivity contribution in [2.24, 2.45) is 0 Å². The lowest BCUT2D eigenvalue weighted by Gasteiger charge is -2.09. The molecule has 0 aliphatic carbocycles. The first-order valence-corrected chi connectivity index (χ1v) is 20.4. The molecule has 0 radical (unpaired) electrons. The van der Waals surface area contributed by atoms with Gasteiger partial charge in [-0.05, 0) is 92.6 Å². The number of amides is 2. The van der Waals surface area contributed by atoms with E-state index < -0.39 is 23.4 Å². The summed E-state index contributed by atoms with van der Waals surface area (Å²) in [6.45, 7) is 6.79. The van der Waals surface area contributed by atoms with Gasteiger partial charge in [-0.15, -0.1) is 0 Å². The number of carbonyl (C=O) groups is 4. The van der Waals surface area contributed by atoms with E-state index in [1.807, 2.05) is 104 Å². The van der Waals surface area contributed by atoms with Crippen LogP contribution in [0.5, 0.6) is 5.88 Å². The van der Waals surface area contributed by atoms with Crippen molar-refractivity contribution in [1.82, 2.24) is 19.1 Å². The van der Waals surface area contributed by atoms with Gasteiger partial charge in [0.25, 0.3) is 23.4 Å². The van der Waals surface area contributed by atoms with Gasteiger partial charge in [-0.25, -0.2) is 9.97 Å². The summed E-state index contributed by atoms with van der Waals surface area (Å²) in [6.07, 6.45) is 2.96. The number of methoxy groups -OCH3 is 1. The Balaban J connectivity index is 0.000000186. The molecular formula is C48H39Cl3N6O5. The molecule has 4 heterocycles. The Kier molecular flexibility index (Phi) is 13.2. The predicted molar refractivity (Wildman–Crippen MR) is 245 cm³/mol. The van der Waals surface area contributed by atoms with Crippen molar-refractivity contribution >= 4 is 91.4 Å². The van der Waals surface area contributed by atoms with Gasteiger partial charge in [-0.2, -0.15) is 0 Å². The average Bonchev–Trinajstić information content (AvgIpc) is 3.68. The zero-order valence-corrected chi connectivity index (χ0v) is 36.3. The van der Waals surface area contributed by atoms with Crippen LogP contribution in [-0.4, -0.2) is 49.6 Å². The van der Waals surface area contributed by atoms with E-state index in [9.17, 15) is 19.2 Å². The van der Waals surface area contributed by atoms with Gasteiger partial charge in [0.15, 0.2) is 0 Å². The van der Waals surface area contributed by atoms with Gasteiger partial charge in [0, 0.05) is 86.2 Å². The molecule has 11 nitrogen and oxygen atoms in total. The van der Waals surface area contributed by atoms with Crippen molar-refractivity contribution in [3.8, 4) is 5.88 Å². The summed E-state index contributed by atoms with van der Waals surface area (Å²) in [5, 5.41) is 7.98. The Morgan fingerprint density at radius 2 is 1.10 bits per heavy atom. The topological polar surface area (TPSA) is 137 Å². The van der Waals surface area contributed by atoms with Crippen LogP contribution < -0.4 is 15.4 Å². The highest BCUT2D eigenvalue weighted by molar-refractivity contribution is 6.49. The molecule has 0 aliphatic rings. The number of benzene rings is 4. The number of ether oxygens (including phenoxy) is 1. The van der Waals surface area contributed by atoms with Crippen LogP contribution in [0.4, 0.5) is 11.4 Å². The number of Topliss-reactive ketones (excluding diaryl/α,β-unsaturated/α-hetero) is 2. The lowest BCUT2D eigenvalue weighted by atomic mass is 10.0. The van der Waals surface area contributed by atoms with E-state index in [0.717, 1.165) is 38.8 Å². The fraction of sp³-hybridized carbons (Fsp3) is 0.125. The van der Waals surface area contributed by atoms with Crippen molar-refractivity contribution in [2.45, 2.75) is 33.9 Å². The lowest BCUT2D eigenvalue weighted by Crippen LogP contribution is -2.23. The standard InChI is InChI=1S/C25H23N3O3.C23H16Cl3N3O2/c1-16-9-10-21-20(13-16)23(17(2)28(21)15-18-7-5-4-6-8-18)24(29)25(30)27-19-11-12-26-22(14-19)31-3;1-13-21(22(30)23(31)28-17-8-9-27-20(26)11-17)18-10-16(25)6-7-19(18)29(13)12-14-2-4-15(24)5-3-14/h4-14H,15H2,1-3H3,(H,26,27,30);2-11H,12H2,1H3,(H,27,28,31). The monoisotopic (exact) mass is 884 g/mol. The third kappa shape index (κ3) is 9.55. The molecule has 0 fully saturated rings. The molecule has 0 aliphatic heterocycles. The largest absolute Gasteiger partial charge is 0.481 e. The smallest absolute Gasteiger partial charge is 0.296 e. The number of hydrogen-bond donors (Lipinski definition) is 2. The zero-order chi connectivity index (χ0) is 44.1. The number of hydrogen-bond acceptors (Lipinski definition) is 7. The molecule has 14 heteroatoms. The Hall–Kier alpha value is -6.79. The minimum atomic E-state index is -0.768. The second kappa shape index (κ2) is 18.9. The molecule has 0 spiro atoms. The number of fused-ring (bicyclic) bond motifs is 2. The van der Waals surface area contributed by atoms with Gasteiger partial charge in [-0.1, -0.05) is 88.9 Å². The van der Waals surface area contributed by atoms with E-state index >= 15 is 0 Å². The third-order valence-corrected chi connectivity index (χ3v) is 10.9. The number of pyridine rings is 2. The van der Waals surface area contributed by atoms with Crippen LogP contribution in [0.25, 0.3) is 21.8 Å². The van der Waals surface area contributed by atoms with Crippen molar-refractivity contribution < 1.29 is 23.9 Å². The molecule has 2 N–H and O–H groups in total. The van der Waals surface area contributed by atoms with Crippen molar-refractivity contribution in [2.75, 3.05) is 17.7 Å². The normalized spacial score (nSPS) is 10.9. The molecule has 2 amide bonds. The van der Waals surface area contributed by atoms with E-state index in [2.05, 4.69) is 25.2 Å². The first-order chi connectivity index (χ1) is 29.8. The molecule has 0 unspecified atom stereocenters. The summed E-state index contributed by atoms with van der Waals surface area (Å²) in [6, 6.07) is 35.0. The number of nitrogens with zero attached hydrogens (tertiary/aromatic N) is 4. The number of anilines is 2. The van der Waals surface area contributed by atoms with Gasteiger partial charge in [0.05, 0.1) is 18.2 Å². The van der Waals surface area contributed by atoms with Crippen molar-refractivity contribution in [3.05, 3.63) is 182 Å². The maximum atomic E-state index is 13.2. The van der Waals surface area contributed by atoms with Crippen LogP contribution in [0.2, 0.25) is 15.2 Å². The maximum Gasteiger partial charge on any atom is 0.296 e. The minimum absolute atomic E-state index is 0.216. The first-order valence-electron chi connectivity index (χ1n) is 19.3. The molecule has 4 aromatic carbocycles. The highest BCUT2D eigenvalue weighted by Crippen LogP contribution is 2.32. The SMILES string of the molecule is COc1cc(NC(=O)C(=O)c2c(C)n(Cc3ccccc3)c3ccc(C)cc23)ccn1.Cc1c(C(=O)C(=O)Nc2ccnc(Cl)c2)c2cc(Cl)ccc2n1Cc1ccc(Cl)cc1. The summed E-state index contributed by atoms with van der Waals surface area (Å²) >= 11 is 18.1. The van der Waals surface area contributed by atoms with E-state index in [-0.39, 0.29) is 5.15 Å². The van der Waals surface area contributed by atoms with Gasteiger partial charge in [0.2, 0.25) is 5.88 Å². The molecule has 0 atom stereocenters. The fourth-order valence-corrected chi connectivity index (χ4v) is 7.72. The molecule has 0 saturated carbocycles. The fourth-order valence-electron chi connectivity index (χ4n) is 7.25. The second-order valence-electron chi connectivity index (χ2n) is 14.4. The summed E-state index contributed by atoms with van der Waals surface area (Å²) in [5.74, 6) is -2.34. The second-order valence-corrected chi connectivity index (χ2v) is 15.7. The quantitative estimate of drug-likeness (QED) is 0.0749. The number of aromatic nitrogens is 4. The van der Waals surface area contributed by atoms with E-state index in [1.54, 1.807) is 30.3 Å². The Morgan fingerprint density at radius 3 is 1.68 bits per heavy atom. The molecular weight excluding hydrogens is 847 g/mol. The van der Waals surface area contributed by atoms with Gasteiger partial charge in [0.1, 0.15) is 5.15 Å². The van der Waals surface area contributed by atoms with E-state index in [0.29, 0.717) is 62.6 Å². The third-order valence-electron chi connectivity index (χ3n) is 10.3. The number of nitrogens with one attached hydrogen (secondary N) is 2. The van der Waals surface area contributed by atoms with Crippen LogP contribution >= 0.6 is 34.8 Å². The Labute approximate surface area is 372 Å². The highest BCUT2D eigenvalue weighted by Gasteiger charge is 2.27. The van der Waals surface area contributed by atoms with Crippen LogP contribution in [-0.2, 0) is 22.7 Å². The molecule has 8 aromatic rings. The van der Waals surface area contributed by atoms with Crippen LogP contribution in [0.15, 0.2) is 128 Å². The number of carbonyl (C=O) groups excluding carboxylic acids is 4. The molecule has 4 aromatic heterocycles. The van der Waals surface area contributed by atoms with Crippen molar-refractivity contribution in [3.63, 3.8) is 0 Å². The van der Waals surface area contributed by atoms with Gasteiger partial charge < -0.3 is 24.5 Å². The summed E-state index contributed by atoms with van der Waals surface area (Å²) in [5.41, 5.74) is 7.89. The molecule has 8 rings (SSSR count). The van der Waals surface area contributed by atoms with Crippen LogP contribution in [0.3, 0.4) is 0 Å². The van der Waals surface area contributed by atoms with Crippen LogP contribution in [0.1, 0.15) is 48.8 Å². The Bertz CT molecular complexity index is 3000. The molecule has 0 saturated heterocycles. The minimum Gasteiger partial charge on any atom is -0.481 e. The van der Waals surface area contributed by atoms with Gasteiger partial charge >= 0.3 is 0 Å². The van der Waals surface area contributed by atoms with E-state index in [1.165, 1.54) is 25.6 Å². The Morgan fingerprint density at radius 1 is 0.581 bits per heavy atom. The number of aryl methyl sites for hydroxylation is 1. The van der Waals surface area contributed by atoms with E-state index in [4.69, 9.17) is 39.5 Å². The molecule has 312 valence electrons. The average molecular weight is 886 g/mol. The molecule has 0 bridgehead atoms. The van der Waals surface area contributed by atoms with Crippen molar-refractivity contribution in [1.29, 1.82) is 0 Å². The highest BCUT2D eigenvalue weighted by atomic mass is 35.5. The summed E-state index contributed by atoms with van der Waals surface area (Å²) in [7, 11) is 1.49. The van der Waals surface area contributed by atoms with Crippen LogP contribution in [0, 0.1) is 20.8 Å². The summed E-state index contributed by atoms with van der Waals surface area (Å²) < 4.78 is 9.15. The molecule has 62 heavy (non-hydrogen) atoms. The lowest BCUT2D eigenvalue weighted by molar-refractivity contribution is -0.113. The number of ketones is 2.